The SMILES string of the molecule is Cc1cccc(Cn2cc(Cc3ccc(F)cc3F)cc(C(O)=CC(=O)C(=O)O)c2=O)c1. The Bertz CT molecular complexity index is 1290. The summed E-state index contributed by atoms with van der Waals surface area (Å²) in [5.74, 6) is -5.52. The number of aromatic nitrogens is 1. The summed E-state index contributed by atoms with van der Waals surface area (Å²) in [6.45, 7) is 2.00. The van der Waals surface area contributed by atoms with Gasteiger partial charge in [-0.2, -0.15) is 0 Å². The van der Waals surface area contributed by atoms with Crippen molar-refractivity contribution in [2.75, 3.05) is 0 Å². The zero-order valence-electron chi connectivity index (χ0n) is 17.0. The van der Waals surface area contributed by atoms with E-state index in [2.05, 4.69) is 0 Å². The van der Waals surface area contributed by atoms with Gasteiger partial charge in [0.2, 0.25) is 0 Å². The first kappa shape index (κ1) is 22.6. The number of halogens is 2. The number of carboxylic acids is 1. The van der Waals surface area contributed by atoms with Gasteiger partial charge in [0.05, 0.1) is 12.1 Å². The van der Waals surface area contributed by atoms with E-state index >= 15 is 0 Å². The number of ketones is 1. The summed E-state index contributed by atoms with van der Waals surface area (Å²) in [7, 11) is 0. The molecule has 0 aliphatic heterocycles. The van der Waals surface area contributed by atoms with E-state index in [0.717, 1.165) is 23.3 Å². The number of pyridine rings is 1. The summed E-state index contributed by atoms with van der Waals surface area (Å²) in [6.07, 6.45) is 1.88. The quantitative estimate of drug-likeness (QED) is 0.333. The summed E-state index contributed by atoms with van der Waals surface area (Å²) >= 11 is 0. The molecule has 2 aromatic carbocycles. The number of aliphatic hydroxyl groups excluding tert-OH is 1. The summed E-state index contributed by atoms with van der Waals surface area (Å²) < 4.78 is 28.7. The van der Waals surface area contributed by atoms with Crippen molar-refractivity contribution in [2.45, 2.75) is 19.9 Å². The maximum Gasteiger partial charge on any atom is 0.376 e. The van der Waals surface area contributed by atoms with E-state index in [-0.39, 0.29) is 24.1 Å². The average molecular weight is 439 g/mol. The van der Waals surface area contributed by atoms with Crippen molar-refractivity contribution < 1.29 is 28.6 Å². The zero-order chi connectivity index (χ0) is 23.4. The zero-order valence-corrected chi connectivity index (χ0v) is 17.0. The number of hydrogen-bond donors (Lipinski definition) is 2. The molecule has 0 fully saturated rings. The molecule has 8 heteroatoms. The van der Waals surface area contributed by atoms with E-state index in [1.54, 1.807) is 6.07 Å². The Morgan fingerprint density at radius 1 is 1.03 bits per heavy atom. The highest BCUT2D eigenvalue weighted by molar-refractivity contribution is 6.38. The number of hydrogen-bond acceptors (Lipinski definition) is 4. The smallest absolute Gasteiger partial charge is 0.376 e. The summed E-state index contributed by atoms with van der Waals surface area (Å²) in [5.41, 5.74) is 1.32. The van der Waals surface area contributed by atoms with Crippen LogP contribution in [0.5, 0.6) is 0 Å². The highest BCUT2D eigenvalue weighted by atomic mass is 19.1. The number of carboxylic acid groups (broad SMARTS) is 1. The fraction of sp³-hybridized carbons (Fsp3) is 0.125. The van der Waals surface area contributed by atoms with Crippen molar-refractivity contribution in [1.29, 1.82) is 0 Å². The second-order valence-corrected chi connectivity index (χ2v) is 7.30. The molecular weight excluding hydrogens is 420 g/mol. The van der Waals surface area contributed by atoms with Gasteiger partial charge in [0, 0.05) is 24.8 Å². The van der Waals surface area contributed by atoms with Gasteiger partial charge in [-0.05, 0) is 35.7 Å². The standard InChI is InChI=1S/C24H19F2NO5/c1-14-3-2-4-15(7-14)12-27-13-16(8-17-5-6-18(25)10-20(17)26)9-19(23(27)30)21(28)11-22(29)24(31)32/h2-7,9-11,13,28H,8,12H2,1H3,(H,31,32). The van der Waals surface area contributed by atoms with Crippen LogP contribution in [-0.4, -0.2) is 26.5 Å². The van der Waals surface area contributed by atoms with E-state index in [0.29, 0.717) is 11.6 Å². The highest BCUT2D eigenvalue weighted by Gasteiger charge is 2.16. The molecule has 0 spiro atoms. The molecule has 1 heterocycles. The maximum absolute atomic E-state index is 14.1. The van der Waals surface area contributed by atoms with Gasteiger partial charge < -0.3 is 14.8 Å². The van der Waals surface area contributed by atoms with Crippen LogP contribution in [0.4, 0.5) is 8.78 Å². The number of carbonyl (C=O) groups excluding carboxylic acids is 1. The fourth-order valence-electron chi connectivity index (χ4n) is 3.25. The topological polar surface area (TPSA) is 96.6 Å². The lowest BCUT2D eigenvalue weighted by Crippen LogP contribution is -2.25. The molecule has 6 nitrogen and oxygen atoms in total. The molecule has 0 aliphatic carbocycles. The van der Waals surface area contributed by atoms with E-state index < -0.39 is 34.7 Å². The number of benzene rings is 2. The Labute approximate surface area is 181 Å². The van der Waals surface area contributed by atoms with Gasteiger partial charge in [0.25, 0.3) is 11.3 Å². The predicted octanol–water partition coefficient (Wildman–Crippen LogP) is 3.63. The first-order valence-corrected chi connectivity index (χ1v) is 9.55. The monoisotopic (exact) mass is 439 g/mol. The third kappa shape index (κ3) is 5.34. The second kappa shape index (κ2) is 9.38. The molecule has 0 saturated heterocycles. The number of rotatable bonds is 7. The van der Waals surface area contributed by atoms with E-state index in [1.165, 1.54) is 22.9 Å². The third-order valence-corrected chi connectivity index (χ3v) is 4.74. The third-order valence-electron chi connectivity index (χ3n) is 4.74. The summed E-state index contributed by atoms with van der Waals surface area (Å²) in [4.78, 5) is 35.2. The maximum atomic E-state index is 14.1. The van der Waals surface area contributed by atoms with E-state index in [1.807, 2.05) is 25.1 Å². The number of aryl methyl sites for hydroxylation is 1. The van der Waals surface area contributed by atoms with Crippen LogP contribution in [-0.2, 0) is 22.6 Å². The van der Waals surface area contributed by atoms with E-state index in [4.69, 9.17) is 5.11 Å². The van der Waals surface area contributed by atoms with Gasteiger partial charge >= 0.3 is 5.97 Å². The van der Waals surface area contributed by atoms with Crippen LogP contribution in [0.3, 0.4) is 0 Å². The fourth-order valence-corrected chi connectivity index (χ4v) is 3.25. The minimum Gasteiger partial charge on any atom is -0.507 e. The van der Waals surface area contributed by atoms with Crippen LogP contribution in [0.15, 0.2) is 65.6 Å². The molecule has 0 unspecified atom stereocenters. The molecule has 0 amide bonds. The Morgan fingerprint density at radius 2 is 1.78 bits per heavy atom. The van der Waals surface area contributed by atoms with Gasteiger partial charge in [-0.3, -0.25) is 9.59 Å². The molecule has 0 aliphatic rings. The van der Waals surface area contributed by atoms with Gasteiger partial charge in [-0.25, -0.2) is 13.6 Å². The molecule has 3 aromatic rings. The Morgan fingerprint density at radius 3 is 2.44 bits per heavy atom. The molecule has 0 radical (unpaired) electrons. The molecule has 1 aromatic heterocycles. The normalized spacial score (nSPS) is 11.4. The van der Waals surface area contributed by atoms with Crippen molar-refractivity contribution in [3.05, 3.63) is 111 Å². The minimum atomic E-state index is -1.79. The van der Waals surface area contributed by atoms with Gasteiger partial charge in [0.15, 0.2) is 0 Å². The van der Waals surface area contributed by atoms with Crippen LogP contribution in [0, 0.1) is 18.6 Å². The lowest BCUT2D eigenvalue weighted by molar-refractivity contribution is -0.146. The largest absolute Gasteiger partial charge is 0.507 e. The van der Waals surface area contributed by atoms with Crippen molar-refractivity contribution in [3.8, 4) is 0 Å². The molecule has 32 heavy (non-hydrogen) atoms. The van der Waals surface area contributed by atoms with Crippen molar-refractivity contribution in [1.82, 2.24) is 4.57 Å². The Hall–Kier alpha value is -4.07. The molecule has 164 valence electrons. The van der Waals surface area contributed by atoms with E-state index in [9.17, 15) is 28.3 Å². The Kier molecular flexibility index (Phi) is 6.63. The summed E-state index contributed by atoms with van der Waals surface area (Å²) in [6, 6.07) is 11.7. The van der Waals surface area contributed by atoms with Crippen LogP contribution in [0.2, 0.25) is 0 Å². The molecule has 0 atom stereocenters. The highest BCUT2D eigenvalue weighted by Crippen LogP contribution is 2.18. The van der Waals surface area contributed by atoms with Gasteiger partial charge in [-0.15, -0.1) is 0 Å². The molecule has 0 saturated carbocycles. The van der Waals surface area contributed by atoms with Crippen molar-refractivity contribution in [3.63, 3.8) is 0 Å². The first-order chi connectivity index (χ1) is 15.1. The molecule has 3 rings (SSSR count). The van der Waals surface area contributed by atoms with Crippen LogP contribution in [0.1, 0.15) is 27.8 Å². The van der Waals surface area contributed by atoms with Crippen molar-refractivity contribution in [2.24, 2.45) is 0 Å². The number of aliphatic hydroxyl groups is 1. The Balaban J connectivity index is 2.10. The molecule has 2 N–H and O–H groups in total. The lowest BCUT2D eigenvalue weighted by atomic mass is 10.0. The average Bonchev–Trinajstić information content (AvgIpc) is 2.72. The van der Waals surface area contributed by atoms with Crippen molar-refractivity contribution >= 4 is 17.5 Å². The predicted molar refractivity (Wildman–Crippen MR) is 113 cm³/mol. The van der Waals surface area contributed by atoms with Gasteiger partial charge in [0.1, 0.15) is 17.4 Å². The lowest BCUT2D eigenvalue weighted by Gasteiger charge is -2.13. The van der Waals surface area contributed by atoms with Crippen LogP contribution in [0.25, 0.3) is 5.76 Å². The number of aliphatic carboxylic acids is 1. The van der Waals surface area contributed by atoms with Gasteiger partial charge in [-0.1, -0.05) is 35.9 Å². The molecular formula is C24H19F2NO5. The number of nitrogens with zero attached hydrogens (tertiary/aromatic N) is 1. The van der Waals surface area contributed by atoms with Crippen LogP contribution >= 0.6 is 0 Å². The molecule has 0 bridgehead atoms. The number of carbonyl (C=O) groups is 2. The summed E-state index contributed by atoms with van der Waals surface area (Å²) in [5, 5.41) is 19.0. The second-order valence-electron chi connectivity index (χ2n) is 7.30. The van der Waals surface area contributed by atoms with Crippen LogP contribution < -0.4 is 5.56 Å². The minimum absolute atomic E-state index is 0.0344. The first-order valence-electron chi connectivity index (χ1n) is 9.55.